The smallest absolute Gasteiger partial charge is 0.179 e. The second kappa shape index (κ2) is 6.47. The zero-order valence-corrected chi connectivity index (χ0v) is 14.3. The van der Waals surface area contributed by atoms with E-state index in [0.29, 0.717) is 13.2 Å². The molecule has 3 aliphatic rings. The second-order valence-corrected chi connectivity index (χ2v) is 7.09. The molecule has 24 heavy (non-hydrogen) atoms. The van der Waals surface area contributed by atoms with Gasteiger partial charge in [0.1, 0.15) is 0 Å². The molecule has 0 saturated carbocycles. The minimum atomic E-state index is -0.378. The summed E-state index contributed by atoms with van der Waals surface area (Å²) < 4.78 is 11.6. The van der Waals surface area contributed by atoms with Crippen LogP contribution in [0.15, 0.2) is 18.2 Å². The Kier molecular flexibility index (Phi) is 4.33. The van der Waals surface area contributed by atoms with Crippen LogP contribution in [0.1, 0.15) is 42.1 Å². The van der Waals surface area contributed by atoms with Crippen molar-refractivity contribution >= 4 is 11.5 Å². The number of hydrogen-bond acceptors (Lipinski definition) is 5. The first-order valence-corrected chi connectivity index (χ1v) is 9.10. The first-order chi connectivity index (χ1) is 11.7. The molecule has 1 aromatic rings. The molecule has 0 aromatic heterocycles. The van der Waals surface area contributed by atoms with Crippen LogP contribution in [0.25, 0.3) is 0 Å². The number of rotatable bonds is 3. The van der Waals surface area contributed by atoms with Gasteiger partial charge in [0.25, 0.3) is 0 Å². The number of aryl methyl sites for hydroxylation is 1. The van der Waals surface area contributed by atoms with Crippen LogP contribution in [0.3, 0.4) is 0 Å². The fraction of sp³-hybridized carbons (Fsp3) is 0.632. The van der Waals surface area contributed by atoms with E-state index in [2.05, 4.69) is 22.3 Å². The van der Waals surface area contributed by atoms with E-state index in [1.807, 2.05) is 13.0 Å². The second-order valence-electron chi connectivity index (χ2n) is 7.09. The molecule has 2 fully saturated rings. The molecule has 0 amide bonds. The minimum absolute atomic E-state index is 0.0987. The lowest BCUT2D eigenvalue weighted by Gasteiger charge is -2.39. The standard InChI is InChI=1S/C19H26N2O3/c1-14(21-9-6-19(7-10-21)23-11-12-24-19)18(22)16-4-5-17-15(13-16)3-2-8-20-17/h4-5,13-14,20H,2-3,6-12H2,1H3. The molecule has 1 unspecified atom stereocenters. The number of benzene rings is 1. The Morgan fingerprint density at radius 2 is 2.00 bits per heavy atom. The molecule has 130 valence electrons. The van der Waals surface area contributed by atoms with Gasteiger partial charge >= 0.3 is 0 Å². The first-order valence-electron chi connectivity index (χ1n) is 9.10. The van der Waals surface area contributed by atoms with Gasteiger partial charge in [-0.15, -0.1) is 0 Å². The van der Waals surface area contributed by atoms with Gasteiger partial charge < -0.3 is 14.8 Å². The number of nitrogens with one attached hydrogen (secondary N) is 1. The average molecular weight is 330 g/mol. The third kappa shape index (κ3) is 2.96. The lowest BCUT2D eigenvalue weighted by atomic mass is 9.95. The molecule has 2 saturated heterocycles. The first kappa shape index (κ1) is 16.1. The van der Waals surface area contributed by atoms with Crippen molar-refractivity contribution in [1.82, 2.24) is 4.90 Å². The predicted molar refractivity (Wildman–Crippen MR) is 92.5 cm³/mol. The Balaban J connectivity index is 1.43. The van der Waals surface area contributed by atoms with Gasteiger partial charge in [-0.3, -0.25) is 9.69 Å². The molecule has 1 spiro atoms. The third-order valence-corrected chi connectivity index (χ3v) is 5.63. The highest BCUT2D eigenvalue weighted by Gasteiger charge is 2.41. The Hall–Kier alpha value is -1.43. The molecule has 1 atom stereocenters. The van der Waals surface area contributed by atoms with E-state index >= 15 is 0 Å². The van der Waals surface area contributed by atoms with Crippen molar-refractivity contribution < 1.29 is 14.3 Å². The summed E-state index contributed by atoms with van der Waals surface area (Å²) in [5.41, 5.74) is 3.28. The van der Waals surface area contributed by atoms with Crippen LogP contribution < -0.4 is 5.32 Å². The third-order valence-electron chi connectivity index (χ3n) is 5.63. The fourth-order valence-corrected chi connectivity index (χ4v) is 4.07. The number of hydrogen-bond donors (Lipinski definition) is 1. The van der Waals surface area contributed by atoms with Crippen molar-refractivity contribution in [3.05, 3.63) is 29.3 Å². The molecular formula is C19H26N2O3. The number of likely N-dealkylation sites (tertiary alicyclic amines) is 1. The lowest BCUT2D eigenvalue weighted by molar-refractivity contribution is -0.186. The van der Waals surface area contributed by atoms with Crippen LogP contribution >= 0.6 is 0 Å². The van der Waals surface area contributed by atoms with Gasteiger partial charge in [-0.25, -0.2) is 0 Å². The topological polar surface area (TPSA) is 50.8 Å². The molecule has 0 bridgehead atoms. The van der Waals surface area contributed by atoms with Crippen molar-refractivity contribution in [2.45, 2.75) is 44.4 Å². The largest absolute Gasteiger partial charge is 0.385 e. The summed E-state index contributed by atoms with van der Waals surface area (Å²) in [5.74, 6) is -0.163. The number of ether oxygens (including phenoxy) is 2. The van der Waals surface area contributed by atoms with E-state index in [-0.39, 0.29) is 17.6 Å². The zero-order chi connectivity index (χ0) is 16.6. The molecule has 4 rings (SSSR count). The summed E-state index contributed by atoms with van der Waals surface area (Å²) in [6.45, 7) is 6.12. The SMILES string of the molecule is CC(C(=O)c1ccc2c(c1)CCCN2)N1CCC2(CC1)OCCO2. The molecule has 1 N–H and O–H groups in total. The molecule has 3 aliphatic heterocycles. The van der Waals surface area contributed by atoms with Crippen LogP contribution in [-0.2, 0) is 15.9 Å². The number of ketones is 1. The maximum absolute atomic E-state index is 12.9. The van der Waals surface area contributed by atoms with Crippen LogP contribution in [0.5, 0.6) is 0 Å². The number of carbonyl (C=O) groups is 1. The van der Waals surface area contributed by atoms with Crippen molar-refractivity contribution in [1.29, 1.82) is 0 Å². The van der Waals surface area contributed by atoms with Gasteiger partial charge in [-0.05, 0) is 43.5 Å². The van der Waals surface area contributed by atoms with Gasteiger partial charge in [0.15, 0.2) is 11.6 Å². The molecule has 0 radical (unpaired) electrons. The summed E-state index contributed by atoms with van der Waals surface area (Å²) >= 11 is 0. The van der Waals surface area contributed by atoms with Crippen LogP contribution in [0, 0.1) is 0 Å². The zero-order valence-electron chi connectivity index (χ0n) is 14.3. The summed E-state index contributed by atoms with van der Waals surface area (Å²) in [7, 11) is 0. The van der Waals surface area contributed by atoms with Gasteiger partial charge in [0.05, 0.1) is 19.3 Å². The number of anilines is 1. The van der Waals surface area contributed by atoms with E-state index in [0.717, 1.165) is 50.9 Å². The predicted octanol–water partition coefficient (Wildman–Crippen LogP) is 2.45. The highest BCUT2D eigenvalue weighted by molar-refractivity contribution is 6.00. The van der Waals surface area contributed by atoms with Crippen molar-refractivity contribution in [3.8, 4) is 0 Å². The van der Waals surface area contributed by atoms with Gasteiger partial charge in [0, 0.05) is 43.7 Å². The summed E-state index contributed by atoms with van der Waals surface area (Å²) in [4.78, 5) is 15.2. The van der Waals surface area contributed by atoms with Crippen molar-refractivity contribution in [2.24, 2.45) is 0 Å². The normalized spacial score (nSPS) is 24.4. The van der Waals surface area contributed by atoms with Gasteiger partial charge in [-0.1, -0.05) is 0 Å². The molecule has 5 nitrogen and oxygen atoms in total. The van der Waals surface area contributed by atoms with Crippen molar-refractivity contribution in [2.75, 3.05) is 38.2 Å². The summed E-state index contributed by atoms with van der Waals surface area (Å²) in [6.07, 6.45) is 3.88. The molecular weight excluding hydrogens is 304 g/mol. The molecule has 5 heteroatoms. The quantitative estimate of drug-likeness (QED) is 0.863. The number of carbonyl (C=O) groups excluding carboxylic acids is 1. The van der Waals surface area contributed by atoms with E-state index in [1.165, 1.54) is 11.3 Å². The van der Waals surface area contributed by atoms with E-state index < -0.39 is 0 Å². The van der Waals surface area contributed by atoms with Crippen LogP contribution in [0.4, 0.5) is 5.69 Å². The van der Waals surface area contributed by atoms with Crippen molar-refractivity contribution in [3.63, 3.8) is 0 Å². The summed E-state index contributed by atoms with van der Waals surface area (Å²) in [6, 6.07) is 6.00. The molecule has 3 heterocycles. The highest BCUT2D eigenvalue weighted by Crippen LogP contribution is 2.32. The highest BCUT2D eigenvalue weighted by atomic mass is 16.7. The Labute approximate surface area is 143 Å². The Bertz CT molecular complexity index is 615. The van der Waals surface area contributed by atoms with E-state index in [9.17, 15) is 4.79 Å². The monoisotopic (exact) mass is 330 g/mol. The number of piperidine rings is 1. The Morgan fingerprint density at radius 3 is 2.75 bits per heavy atom. The molecule has 0 aliphatic carbocycles. The van der Waals surface area contributed by atoms with Crippen LogP contribution in [-0.4, -0.2) is 55.4 Å². The number of Topliss-reactive ketones (excluding diaryl/α,β-unsaturated/α-hetero) is 1. The van der Waals surface area contributed by atoms with Gasteiger partial charge in [0.2, 0.25) is 0 Å². The van der Waals surface area contributed by atoms with Crippen LogP contribution in [0.2, 0.25) is 0 Å². The fourth-order valence-electron chi connectivity index (χ4n) is 4.07. The van der Waals surface area contributed by atoms with Gasteiger partial charge in [-0.2, -0.15) is 0 Å². The molecule has 1 aromatic carbocycles. The maximum atomic E-state index is 12.9. The van der Waals surface area contributed by atoms with E-state index in [1.54, 1.807) is 0 Å². The average Bonchev–Trinajstić information content (AvgIpc) is 3.09. The lowest BCUT2D eigenvalue weighted by Crippen LogP contribution is -2.50. The number of fused-ring (bicyclic) bond motifs is 1. The minimum Gasteiger partial charge on any atom is -0.385 e. The summed E-state index contributed by atoms with van der Waals surface area (Å²) in [5, 5.41) is 3.40. The van der Waals surface area contributed by atoms with E-state index in [4.69, 9.17) is 9.47 Å². The maximum Gasteiger partial charge on any atom is 0.179 e. The number of nitrogens with zero attached hydrogens (tertiary/aromatic N) is 1. The Morgan fingerprint density at radius 1 is 1.25 bits per heavy atom.